The molecule has 1 atom stereocenters. The van der Waals surface area contributed by atoms with Gasteiger partial charge in [0.1, 0.15) is 0 Å². The van der Waals surface area contributed by atoms with E-state index in [1.165, 1.54) is 4.90 Å². The zero-order valence-corrected chi connectivity index (χ0v) is 11.4. The Morgan fingerprint density at radius 1 is 1.38 bits per heavy atom. The van der Waals surface area contributed by atoms with Crippen molar-refractivity contribution in [2.45, 2.75) is 25.1 Å². The molecule has 4 nitrogen and oxygen atoms in total. The molecule has 0 saturated heterocycles. The Morgan fingerprint density at radius 2 is 2.10 bits per heavy atom. The van der Waals surface area contributed by atoms with E-state index in [1.807, 2.05) is 24.3 Å². The Balaban J connectivity index is 2.02. The second kappa shape index (κ2) is 6.34. The maximum Gasteiger partial charge on any atom is 0.390 e. The highest BCUT2D eigenvalue weighted by atomic mass is 19.4. The van der Waals surface area contributed by atoms with E-state index in [1.54, 1.807) is 0 Å². The maximum absolute atomic E-state index is 12.1. The van der Waals surface area contributed by atoms with Crippen LogP contribution in [0.15, 0.2) is 24.3 Å². The molecule has 0 aliphatic carbocycles. The molecule has 1 aliphatic heterocycles. The van der Waals surface area contributed by atoms with E-state index in [0.717, 1.165) is 11.1 Å². The molecule has 1 aromatic carbocycles. The van der Waals surface area contributed by atoms with Crippen LogP contribution in [0.2, 0.25) is 0 Å². The van der Waals surface area contributed by atoms with Gasteiger partial charge in [0.25, 0.3) is 0 Å². The van der Waals surface area contributed by atoms with Crippen LogP contribution in [0.25, 0.3) is 0 Å². The van der Waals surface area contributed by atoms with Crippen LogP contribution >= 0.6 is 0 Å². The zero-order valence-electron chi connectivity index (χ0n) is 11.4. The fraction of sp³-hybridized carbons (Fsp3) is 0.500. The summed E-state index contributed by atoms with van der Waals surface area (Å²) in [7, 11) is 0. The molecule has 1 unspecified atom stereocenters. The Hall–Kier alpha value is -1.76. The quantitative estimate of drug-likeness (QED) is 0.899. The number of hydrogen-bond acceptors (Lipinski definition) is 2. The molecule has 21 heavy (non-hydrogen) atoms. The van der Waals surface area contributed by atoms with Gasteiger partial charge >= 0.3 is 12.2 Å². The monoisotopic (exact) mass is 302 g/mol. The normalized spacial score (nSPS) is 18.3. The number of nitrogens with zero attached hydrogens (tertiary/aromatic N) is 1. The number of carbonyl (C=O) groups excluding carboxylic acids is 1. The van der Waals surface area contributed by atoms with Crippen LogP contribution in [-0.4, -0.2) is 41.9 Å². The lowest BCUT2D eigenvalue weighted by Gasteiger charge is -2.36. The van der Waals surface area contributed by atoms with Gasteiger partial charge in [-0.3, -0.25) is 0 Å². The number of amides is 2. The van der Waals surface area contributed by atoms with Crippen LogP contribution in [0.1, 0.15) is 23.6 Å². The SMILES string of the molecule is O=C(NCCC(F)(F)F)N1CCc2ccccc2C1CO. The van der Waals surface area contributed by atoms with Crippen LogP contribution in [0.4, 0.5) is 18.0 Å². The number of aliphatic hydroxyl groups excluding tert-OH is 1. The van der Waals surface area contributed by atoms with Crippen molar-refractivity contribution in [1.82, 2.24) is 10.2 Å². The number of halogens is 3. The van der Waals surface area contributed by atoms with Crippen molar-refractivity contribution in [3.63, 3.8) is 0 Å². The lowest BCUT2D eigenvalue weighted by atomic mass is 9.93. The van der Waals surface area contributed by atoms with Crippen LogP contribution in [0.3, 0.4) is 0 Å². The topological polar surface area (TPSA) is 52.6 Å². The highest BCUT2D eigenvalue weighted by molar-refractivity contribution is 5.75. The molecule has 116 valence electrons. The van der Waals surface area contributed by atoms with E-state index in [-0.39, 0.29) is 6.61 Å². The third-order valence-electron chi connectivity index (χ3n) is 3.53. The third-order valence-corrected chi connectivity index (χ3v) is 3.53. The molecule has 2 amide bonds. The van der Waals surface area contributed by atoms with Crippen LogP contribution < -0.4 is 5.32 Å². The zero-order chi connectivity index (χ0) is 15.5. The predicted octanol–water partition coefficient (Wildman–Crippen LogP) is 2.24. The average Bonchev–Trinajstić information content (AvgIpc) is 2.44. The maximum atomic E-state index is 12.1. The van der Waals surface area contributed by atoms with E-state index in [4.69, 9.17) is 0 Å². The lowest BCUT2D eigenvalue weighted by Crippen LogP contribution is -2.47. The van der Waals surface area contributed by atoms with Gasteiger partial charge in [-0.15, -0.1) is 0 Å². The molecule has 0 radical (unpaired) electrons. The van der Waals surface area contributed by atoms with Crippen LogP contribution in [0.5, 0.6) is 0 Å². The summed E-state index contributed by atoms with van der Waals surface area (Å²) in [5.74, 6) is 0. The smallest absolute Gasteiger partial charge is 0.390 e. The van der Waals surface area contributed by atoms with Gasteiger partial charge in [-0.2, -0.15) is 13.2 Å². The Labute approximate surface area is 120 Å². The summed E-state index contributed by atoms with van der Waals surface area (Å²) in [5, 5.41) is 11.8. The van der Waals surface area contributed by atoms with Crippen molar-refractivity contribution in [1.29, 1.82) is 0 Å². The second-order valence-electron chi connectivity index (χ2n) is 4.94. The molecule has 0 aromatic heterocycles. The highest BCUT2D eigenvalue weighted by Crippen LogP contribution is 2.29. The largest absolute Gasteiger partial charge is 0.394 e. The summed E-state index contributed by atoms with van der Waals surface area (Å²) in [4.78, 5) is 13.4. The molecule has 0 saturated carbocycles. The number of benzene rings is 1. The molecule has 0 fully saturated rings. The van der Waals surface area contributed by atoms with Gasteiger partial charge in [-0.05, 0) is 17.5 Å². The van der Waals surface area contributed by atoms with Gasteiger partial charge in [0.2, 0.25) is 0 Å². The molecular formula is C14H17F3N2O2. The van der Waals surface area contributed by atoms with Crippen molar-refractivity contribution < 1.29 is 23.1 Å². The minimum atomic E-state index is -4.29. The van der Waals surface area contributed by atoms with Crippen molar-refractivity contribution in [2.24, 2.45) is 0 Å². The van der Waals surface area contributed by atoms with E-state index in [2.05, 4.69) is 5.32 Å². The Morgan fingerprint density at radius 3 is 2.76 bits per heavy atom. The number of carbonyl (C=O) groups is 1. The minimum Gasteiger partial charge on any atom is -0.394 e. The molecule has 0 bridgehead atoms. The fourth-order valence-corrected chi connectivity index (χ4v) is 2.50. The summed E-state index contributed by atoms with van der Waals surface area (Å²) < 4.78 is 36.3. The van der Waals surface area contributed by atoms with Crippen molar-refractivity contribution >= 4 is 6.03 Å². The molecule has 1 aromatic rings. The number of nitrogens with one attached hydrogen (secondary N) is 1. The van der Waals surface area contributed by atoms with Gasteiger partial charge < -0.3 is 15.3 Å². The number of alkyl halides is 3. The molecule has 1 heterocycles. The summed E-state index contributed by atoms with van der Waals surface area (Å²) >= 11 is 0. The van der Waals surface area contributed by atoms with Gasteiger partial charge in [0, 0.05) is 13.1 Å². The number of rotatable bonds is 3. The highest BCUT2D eigenvalue weighted by Gasteiger charge is 2.31. The number of fused-ring (bicyclic) bond motifs is 1. The predicted molar refractivity (Wildman–Crippen MR) is 70.7 cm³/mol. The van der Waals surface area contributed by atoms with E-state index < -0.39 is 31.2 Å². The van der Waals surface area contributed by atoms with Crippen LogP contribution in [0, 0.1) is 0 Å². The summed E-state index contributed by atoms with van der Waals surface area (Å²) in [6, 6.07) is 6.36. The lowest BCUT2D eigenvalue weighted by molar-refractivity contribution is -0.133. The Kier molecular flexibility index (Phi) is 4.72. The van der Waals surface area contributed by atoms with E-state index >= 15 is 0 Å². The van der Waals surface area contributed by atoms with Gasteiger partial charge in [-0.1, -0.05) is 24.3 Å². The standard InChI is InChI=1S/C14H17F3N2O2/c15-14(16,17)6-7-18-13(21)19-8-5-10-3-1-2-4-11(10)12(19)9-20/h1-4,12,20H,5-9H2,(H,18,21). The molecule has 2 rings (SSSR count). The minimum absolute atomic E-state index is 0.260. The molecule has 1 aliphatic rings. The second-order valence-corrected chi connectivity index (χ2v) is 4.94. The molecular weight excluding hydrogens is 285 g/mol. The average molecular weight is 302 g/mol. The first-order chi connectivity index (χ1) is 9.92. The molecule has 7 heteroatoms. The van der Waals surface area contributed by atoms with Crippen molar-refractivity contribution in [3.05, 3.63) is 35.4 Å². The number of urea groups is 1. The van der Waals surface area contributed by atoms with Crippen molar-refractivity contribution in [2.75, 3.05) is 19.7 Å². The number of aliphatic hydroxyl groups is 1. The van der Waals surface area contributed by atoms with E-state index in [0.29, 0.717) is 13.0 Å². The van der Waals surface area contributed by atoms with Crippen LogP contribution in [-0.2, 0) is 6.42 Å². The number of hydrogen-bond donors (Lipinski definition) is 2. The third kappa shape index (κ3) is 3.87. The van der Waals surface area contributed by atoms with Gasteiger partial charge in [-0.25, -0.2) is 4.79 Å². The molecule has 2 N–H and O–H groups in total. The fourth-order valence-electron chi connectivity index (χ4n) is 2.50. The Bertz CT molecular complexity index is 505. The first-order valence-electron chi connectivity index (χ1n) is 6.72. The summed E-state index contributed by atoms with van der Waals surface area (Å²) in [6.45, 7) is -0.345. The summed E-state index contributed by atoms with van der Waals surface area (Å²) in [5.41, 5.74) is 1.90. The van der Waals surface area contributed by atoms with Crippen molar-refractivity contribution in [3.8, 4) is 0 Å². The molecule has 0 spiro atoms. The van der Waals surface area contributed by atoms with E-state index in [9.17, 15) is 23.1 Å². The summed E-state index contributed by atoms with van der Waals surface area (Å²) in [6.07, 6.45) is -4.73. The van der Waals surface area contributed by atoms with Gasteiger partial charge in [0.15, 0.2) is 0 Å². The first kappa shape index (κ1) is 15.6. The first-order valence-corrected chi connectivity index (χ1v) is 6.72. The van der Waals surface area contributed by atoms with Gasteiger partial charge in [0.05, 0.1) is 19.1 Å².